The van der Waals surface area contributed by atoms with Gasteiger partial charge < -0.3 is 14.2 Å². The zero-order valence-corrected chi connectivity index (χ0v) is 17.1. The molecule has 30 heavy (non-hydrogen) atoms. The van der Waals surface area contributed by atoms with Crippen LogP contribution in [0.15, 0.2) is 77.9 Å². The fourth-order valence-electron chi connectivity index (χ4n) is 4.17. The van der Waals surface area contributed by atoms with Crippen molar-refractivity contribution in [2.24, 2.45) is 5.10 Å². The van der Waals surface area contributed by atoms with Crippen molar-refractivity contribution in [1.29, 1.82) is 0 Å². The van der Waals surface area contributed by atoms with Gasteiger partial charge in [-0.25, -0.2) is 5.01 Å². The molecule has 0 aliphatic carbocycles. The number of rotatable bonds is 5. The highest BCUT2D eigenvalue weighted by molar-refractivity contribution is 6.02. The molecule has 0 spiro atoms. The summed E-state index contributed by atoms with van der Waals surface area (Å²) in [7, 11) is 1.68. The van der Waals surface area contributed by atoms with Crippen LogP contribution in [0.25, 0.3) is 0 Å². The van der Waals surface area contributed by atoms with E-state index in [-0.39, 0.29) is 12.3 Å². The van der Waals surface area contributed by atoms with Crippen LogP contribution in [0.1, 0.15) is 42.3 Å². The average molecular weight is 400 g/mol. The van der Waals surface area contributed by atoms with Gasteiger partial charge in [0.05, 0.1) is 31.0 Å². The summed E-state index contributed by atoms with van der Waals surface area (Å²) >= 11 is 0. The minimum atomic E-state index is -0.344. The summed E-state index contributed by atoms with van der Waals surface area (Å²) in [5, 5.41) is 7.11. The molecule has 3 aromatic carbocycles. The summed E-state index contributed by atoms with van der Waals surface area (Å²) in [6.07, 6.45) is 0.475. The van der Waals surface area contributed by atoms with Crippen LogP contribution in [0.5, 0.6) is 17.2 Å². The second kappa shape index (κ2) is 7.75. The topological polar surface area (TPSA) is 43.3 Å². The zero-order chi connectivity index (χ0) is 20.5. The second-order valence-electron chi connectivity index (χ2n) is 7.35. The number of para-hydroxylation sites is 2. The predicted molar refractivity (Wildman–Crippen MR) is 116 cm³/mol. The lowest BCUT2D eigenvalue weighted by molar-refractivity contribution is -0.0205. The molecule has 0 saturated heterocycles. The molecule has 2 aliphatic rings. The molecule has 0 fully saturated rings. The van der Waals surface area contributed by atoms with Crippen molar-refractivity contribution in [2.75, 3.05) is 13.7 Å². The SMILES string of the molecule is CCOc1ccccc1[C@@H]1Oc2ccccc2[C@H]2CC(c3ccc(OC)cc3)=NN21. The number of methoxy groups -OCH3 is 1. The van der Waals surface area contributed by atoms with Crippen molar-refractivity contribution in [1.82, 2.24) is 5.01 Å². The molecule has 5 rings (SSSR count). The van der Waals surface area contributed by atoms with Crippen LogP contribution in [0.4, 0.5) is 0 Å². The molecule has 2 atom stereocenters. The molecule has 0 aromatic heterocycles. The summed E-state index contributed by atoms with van der Waals surface area (Å²) in [4.78, 5) is 0. The summed E-state index contributed by atoms with van der Waals surface area (Å²) in [5.41, 5.74) is 4.29. The maximum atomic E-state index is 6.46. The van der Waals surface area contributed by atoms with Gasteiger partial charge in [0.25, 0.3) is 0 Å². The summed E-state index contributed by atoms with van der Waals surface area (Å²) in [6, 6.07) is 24.5. The van der Waals surface area contributed by atoms with Gasteiger partial charge in [0, 0.05) is 12.0 Å². The van der Waals surface area contributed by atoms with Crippen molar-refractivity contribution < 1.29 is 14.2 Å². The molecule has 0 N–H and O–H groups in total. The van der Waals surface area contributed by atoms with Gasteiger partial charge >= 0.3 is 0 Å². The number of fused-ring (bicyclic) bond motifs is 3. The van der Waals surface area contributed by atoms with E-state index in [4.69, 9.17) is 19.3 Å². The van der Waals surface area contributed by atoms with Crippen LogP contribution in [-0.4, -0.2) is 24.4 Å². The Labute approximate surface area is 176 Å². The quantitative estimate of drug-likeness (QED) is 0.580. The summed E-state index contributed by atoms with van der Waals surface area (Å²) < 4.78 is 17.7. The minimum Gasteiger partial charge on any atom is -0.497 e. The van der Waals surface area contributed by atoms with Gasteiger partial charge in [0.2, 0.25) is 6.23 Å². The molecule has 0 radical (unpaired) electrons. The van der Waals surface area contributed by atoms with Crippen LogP contribution in [-0.2, 0) is 0 Å². The summed E-state index contributed by atoms with van der Waals surface area (Å²) in [6.45, 7) is 2.59. The Morgan fingerprint density at radius 3 is 2.47 bits per heavy atom. The van der Waals surface area contributed by atoms with E-state index >= 15 is 0 Å². The maximum Gasteiger partial charge on any atom is 0.217 e. The molecule has 2 heterocycles. The molecular formula is C25H24N2O3. The maximum absolute atomic E-state index is 6.46. The van der Waals surface area contributed by atoms with Gasteiger partial charge in [-0.05, 0) is 55.0 Å². The highest BCUT2D eigenvalue weighted by Gasteiger charge is 2.41. The van der Waals surface area contributed by atoms with Crippen LogP contribution in [0, 0.1) is 0 Å². The molecule has 5 heteroatoms. The van der Waals surface area contributed by atoms with E-state index in [0.29, 0.717) is 6.61 Å². The minimum absolute atomic E-state index is 0.117. The van der Waals surface area contributed by atoms with E-state index in [1.165, 1.54) is 0 Å². The Hall–Kier alpha value is -3.47. The molecule has 0 saturated carbocycles. The Kier molecular flexibility index (Phi) is 4.79. The van der Waals surface area contributed by atoms with E-state index in [1.807, 2.05) is 49.4 Å². The highest BCUT2D eigenvalue weighted by atomic mass is 16.5. The first-order valence-electron chi connectivity index (χ1n) is 10.3. The van der Waals surface area contributed by atoms with Crippen LogP contribution < -0.4 is 14.2 Å². The molecule has 0 unspecified atom stereocenters. The number of hydrazone groups is 1. The Morgan fingerprint density at radius 1 is 0.967 bits per heavy atom. The number of hydrogen-bond donors (Lipinski definition) is 0. The van der Waals surface area contributed by atoms with E-state index in [9.17, 15) is 0 Å². The standard InChI is InChI=1S/C25H24N2O3/c1-3-29-23-10-6-5-9-20(23)25-27-22(19-8-4-7-11-24(19)30-25)16-21(26-27)17-12-14-18(28-2)15-13-17/h4-15,22,25H,3,16H2,1-2H3/t22-,25+/m1/s1. The van der Waals surface area contributed by atoms with Gasteiger partial charge in [-0.15, -0.1) is 0 Å². The van der Waals surface area contributed by atoms with Gasteiger partial charge in [0.1, 0.15) is 17.2 Å². The Morgan fingerprint density at radius 2 is 1.70 bits per heavy atom. The molecule has 3 aromatic rings. The predicted octanol–water partition coefficient (Wildman–Crippen LogP) is 5.34. The normalized spacial score (nSPS) is 19.4. The van der Waals surface area contributed by atoms with Crippen molar-refractivity contribution in [3.63, 3.8) is 0 Å². The van der Waals surface area contributed by atoms with Crippen molar-refractivity contribution in [3.8, 4) is 17.2 Å². The molecule has 0 bridgehead atoms. The van der Waals surface area contributed by atoms with E-state index in [2.05, 4.69) is 35.3 Å². The summed E-state index contributed by atoms with van der Waals surface area (Å²) in [5.74, 6) is 2.57. The fourth-order valence-corrected chi connectivity index (χ4v) is 4.17. The number of hydrogen-bond acceptors (Lipinski definition) is 5. The molecule has 5 nitrogen and oxygen atoms in total. The van der Waals surface area contributed by atoms with Crippen molar-refractivity contribution in [3.05, 3.63) is 89.5 Å². The molecular weight excluding hydrogens is 376 g/mol. The second-order valence-corrected chi connectivity index (χ2v) is 7.35. The molecule has 152 valence electrons. The van der Waals surface area contributed by atoms with Crippen LogP contribution >= 0.6 is 0 Å². The van der Waals surface area contributed by atoms with E-state index < -0.39 is 0 Å². The van der Waals surface area contributed by atoms with Crippen LogP contribution in [0.2, 0.25) is 0 Å². The average Bonchev–Trinajstić information content (AvgIpc) is 3.25. The first-order chi connectivity index (χ1) is 14.8. The number of ether oxygens (including phenoxy) is 3. The molecule has 2 aliphatic heterocycles. The van der Waals surface area contributed by atoms with Crippen molar-refractivity contribution >= 4 is 5.71 Å². The lowest BCUT2D eigenvalue weighted by Gasteiger charge is -2.38. The third-order valence-electron chi connectivity index (χ3n) is 5.61. The highest BCUT2D eigenvalue weighted by Crippen LogP contribution is 2.48. The van der Waals surface area contributed by atoms with E-state index in [1.54, 1.807) is 7.11 Å². The Bertz CT molecular complexity index is 1080. The zero-order valence-electron chi connectivity index (χ0n) is 17.1. The van der Waals surface area contributed by atoms with Gasteiger partial charge in [-0.2, -0.15) is 5.10 Å². The van der Waals surface area contributed by atoms with Gasteiger partial charge in [-0.3, -0.25) is 0 Å². The first kappa shape index (κ1) is 18.6. The fraction of sp³-hybridized carbons (Fsp3) is 0.240. The Balaban J connectivity index is 1.57. The lowest BCUT2D eigenvalue weighted by atomic mass is 9.96. The van der Waals surface area contributed by atoms with Gasteiger partial charge in [0.15, 0.2) is 0 Å². The third-order valence-corrected chi connectivity index (χ3v) is 5.61. The van der Waals surface area contributed by atoms with Gasteiger partial charge in [-0.1, -0.05) is 30.3 Å². The number of benzene rings is 3. The smallest absolute Gasteiger partial charge is 0.217 e. The largest absolute Gasteiger partial charge is 0.497 e. The van der Waals surface area contributed by atoms with Crippen molar-refractivity contribution in [2.45, 2.75) is 25.6 Å². The monoisotopic (exact) mass is 400 g/mol. The molecule has 0 amide bonds. The van der Waals surface area contributed by atoms with E-state index in [0.717, 1.165) is 46.1 Å². The number of nitrogens with zero attached hydrogens (tertiary/aromatic N) is 2. The first-order valence-corrected chi connectivity index (χ1v) is 10.3. The lowest BCUT2D eigenvalue weighted by Crippen LogP contribution is -2.34. The third kappa shape index (κ3) is 3.16. The van der Waals surface area contributed by atoms with Crippen LogP contribution in [0.3, 0.4) is 0 Å².